The largest absolute Gasteiger partial charge is 0.625 e. The number of benzene rings is 1. The monoisotopic (exact) mass is 302 g/mol. The highest BCUT2D eigenvalue weighted by Gasteiger charge is 2.33. The number of carboxylic acid groups (broad SMARTS) is 2. The van der Waals surface area contributed by atoms with E-state index in [4.69, 9.17) is 9.79 Å². The molecular weight excluding hydrogens is 295 g/mol. The molecule has 10 heteroatoms. The maximum Gasteiger partial charge on any atom is 0.352 e. The molecule has 0 aliphatic carbocycles. The van der Waals surface area contributed by atoms with Gasteiger partial charge in [0.25, 0.3) is 0 Å². The van der Waals surface area contributed by atoms with Crippen LogP contribution in [0.3, 0.4) is 0 Å². The van der Waals surface area contributed by atoms with Gasteiger partial charge in [-0.2, -0.15) is 0 Å². The van der Waals surface area contributed by atoms with Gasteiger partial charge in [-0.3, -0.25) is 0 Å². The van der Waals surface area contributed by atoms with Gasteiger partial charge < -0.3 is 29.4 Å². The van der Waals surface area contributed by atoms with Gasteiger partial charge in [0.2, 0.25) is 0 Å². The summed E-state index contributed by atoms with van der Waals surface area (Å²) >= 11 is 0. The molecule has 2 N–H and O–H groups in total. The van der Waals surface area contributed by atoms with Crippen molar-refractivity contribution in [2.45, 2.75) is 0 Å². The van der Waals surface area contributed by atoms with E-state index in [1.165, 1.54) is 0 Å². The molecule has 0 saturated carbocycles. The molecule has 9 nitrogen and oxygen atoms in total. The average molecular weight is 302 g/mol. The highest BCUT2D eigenvalue weighted by atomic mass is 31.2. The SMILES string of the molecule is O=C([O-])COc1cc(C(=O)[O-])cc(C(=O)[P+]([O-])(O)O)c1. The molecule has 0 unspecified atom stereocenters. The minimum atomic E-state index is -5.12. The molecule has 0 saturated heterocycles. The molecule has 0 fully saturated rings. The number of aliphatic carboxylic acids is 1. The van der Waals surface area contributed by atoms with Gasteiger partial charge in [-0.1, -0.05) is 0 Å². The van der Waals surface area contributed by atoms with Crippen molar-refractivity contribution in [3.8, 4) is 5.75 Å². The van der Waals surface area contributed by atoms with E-state index in [2.05, 4.69) is 4.74 Å². The van der Waals surface area contributed by atoms with Gasteiger partial charge in [-0.05, 0) is 18.2 Å². The van der Waals surface area contributed by atoms with Gasteiger partial charge >= 0.3 is 13.5 Å². The van der Waals surface area contributed by atoms with Crippen molar-refractivity contribution in [3.63, 3.8) is 0 Å². The van der Waals surface area contributed by atoms with Gasteiger partial charge in [-0.15, -0.1) is 0 Å². The van der Waals surface area contributed by atoms with Crippen LogP contribution in [0.15, 0.2) is 18.2 Å². The number of ether oxygens (including phenoxy) is 1. The smallest absolute Gasteiger partial charge is 0.352 e. The second-order valence-electron chi connectivity index (χ2n) is 3.54. The Balaban J connectivity index is 3.21. The number of rotatable bonds is 6. The van der Waals surface area contributed by atoms with E-state index in [9.17, 15) is 29.5 Å². The Morgan fingerprint density at radius 2 is 1.65 bits per heavy atom. The minimum Gasteiger partial charge on any atom is -0.625 e. The Morgan fingerprint density at radius 3 is 2.10 bits per heavy atom. The zero-order valence-electron chi connectivity index (χ0n) is 9.64. The van der Waals surface area contributed by atoms with Crippen LogP contribution in [0, 0.1) is 0 Å². The molecule has 1 aromatic rings. The third kappa shape index (κ3) is 4.25. The Kier molecular flexibility index (Phi) is 4.74. The number of carbonyl (C=O) groups excluding carboxylic acids is 3. The molecule has 0 aromatic heterocycles. The molecule has 20 heavy (non-hydrogen) atoms. The number of carbonyl (C=O) groups is 3. The minimum absolute atomic E-state index is 0.382. The Bertz CT molecular complexity index is 560. The Labute approximate surface area is 112 Å². The summed E-state index contributed by atoms with van der Waals surface area (Å²) in [4.78, 5) is 60.6. The van der Waals surface area contributed by atoms with Crippen LogP contribution in [-0.2, 0) is 4.79 Å². The van der Waals surface area contributed by atoms with E-state index in [1.54, 1.807) is 0 Å². The van der Waals surface area contributed by atoms with Crippen molar-refractivity contribution in [3.05, 3.63) is 29.3 Å². The Hall–Kier alpha value is -2.06. The highest BCUT2D eigenvalue weighted by molar-refractivity contribution is 7.75. The van der Waals surface area contributed by atoms with E-state index in [0.717, 1.165) is 12.1 Å². The summed E-state index contributed by atoms with van der Waals surface area (Å²) in [5, 5.41) is 20.9. The van der Waals surface area contributed by atoms with E-state index >= 15 is 0 Å². The topological polar surface area (TPSA) is 170 Å². The summed E-state index contributed by atoms with van der Waals surface area (Å²) < 4.78 is 4.60. The van der Waals surface area contributed by atoms with Crippen molar-refractivity contribution in [2.75, 3.05) is 6.61 Å². The molecule has 0 amide bonds. The summed E-state index contributed by atoms with van der Waals surface area (Å²) in [5.41, 5.74) is -2.87. The van der Waals surface area contributed by atoms with Crippen LogP contribution in [0.1, 0.15) is 20.7 Å². The average Bonchev–Trinajstić information content (AvgIpc) is 2.33. The van der Waals surface area contributed by atoms with E-state index < -0.39 is 43.1 Å². The van der Waals surface area contributed by atoms with Gasteiger partial charge in [0.15, 0.2) is 0 Å². The molecule has 0 aliphatic heterocycles. The van der Waals surface area contributed by atoms with Gasteiger partial charge in [0, 0.05) is 5.56 Å². The molecule has 0 aliphatic rings. The molecule has 0 atom stereocenters. The van der Waals surface area contributed by atoms with Crippen molar-refractivity contribution >= 4 is 25.4 Å². The predicted octanol–water partition coefficient (Wildman–Crippen LogP) is -3.57. The van der Waals surface area contributed by atoms with Crippen molar-refractivity contribution in [2.24, 2.45) is 0 Å². The normalized spacial score (nSPS) is 10.9. The highest BCUT2D eigenvalue weighted by Crippen LogP contribution is 2.43. The molecule has 0 heterocycles. The fraction of sp³-hybridized carbons (Fsp3) is 0.100. The maximum absolute atomic E-state index is 11.4. The van der Waals surface area contributed by atoms with Gasteiger partial charge in [0.05, 0.1) is 17.5 Å². The molecule has 1 rings (SSSR count). The van der Waals surface area contributed by atoms with E-state index in [0.29, 0.717) is 6.07 Å². The number of hydrogen-bond acceptors (Lipinski definition) is 9. The van der Waals surface area contributed by atoms with Crippen LogP contribution >= 0.6 is 7.94 Å². The fourth-order valence-corrected chi connectivity index (χ4v) is 1.70. The fourth-order valence-electron chi connectivity index (χ4n) is 1.23. The first-order valence-corrected chi connectivity index (χ1v) is 6.52. The van der Waals surface area contributed by atoms with Crippen LogP contribution in [0.5, 0.6) is 5.75 Å². The van der Waals surface area contributed by atoms with Crippen molar-refractivity contribution in [1.29, 1.82) is 0 Å². The second-order valence-corrected chi connectivity index (χ2v) is 5.04. The summed E-state index contributed by atoms with van der Waals surface area (Å²) in [6.45, 7) is -0.931. The summed E-state index contributed by atoms with van der Waals surface area (Å²) in [6, 6.07) is 2.33. The summed E-state index contributed by atoms with van der Waals surface area (Å²) in [5.74, 6) is -3.72. The molecule has 0 bridgehead atoms. The molecule has 1 aromatic carbocycles. The van der Waals surface area contributed by atoms with Crippen molar-refractivity contribution < 1.29 is 44.0 Å². The molecule has 0 spiro atoms. The van der Waals surface area contributed by atoms with Crippen LogP contribution in [0.2, 0.25) is 0 Å². The molecule has 108 valence electrons. The predicted molar refractivity (Wildman–Crippen MR) is 57.0 cm³/mol. The summed E-state index contributed by atoms with van der Waals surface area (Å²) in [7, 11) is -5.12. The summed E-state index contributed by atoms with van der Waals surface area (Å²) in [6.07, 6.45) is 0. The quantitative estimate of drug-likeness (QED) is 0.504. The van der Waals surface area contributed by atoms with Gasteiger partial charge in [0.1, 0.15) is 12.4 Å². The molecular formula is C10H7O9P-2. The van der Waals surface area contributed by atoms with Crippen molar-refractivity contribution in [1.82, 2.24) is 0 Å². The first-order chi connectivity index (χ1) is 9.11. The number of aromatic carboxylic acids is 1. The zero-order chi connectivity index (χ0) is 15.5. The van der Waals surface area contributed by atoms with Gasteiger partial charge in [-0.25, -0.2) is 14.6 Å². The lowest BCUT2D eigenvalue weighted by Gasteiger charge is -2.15. The number of hydrogen-bond donors (Lipinski definition) is 2. The lowest BCUT2D eigenvalue weighted by molar-refractivity contribution is -0.307. The lowest BCUT2D eigenvalue weighted by Crippen LogP contribution is -2.29. The Morgan fingerprint density at radius 1 is 1.10 bits per heavy atom. The van der Waals surface area contributed by atoms with E-state index in [-0.39, 0.29) is 5.75 Å². The van der Waals surface area contributed by atoms with Crippen LogP contribution in [0.4, 0.5) is 0 Å². The zero-order valence-corrected chi connectivity index (χ0v) is 10.5. The van der Waals surface area contributed by atoms with Crippen LogP contribution in [-0.4, -0.2) is 33.9 Å². The third-order valence-electron chi connectivity index (χ3n) is 2.01. The lowest BCUT2D eigenvalue weighted by atomic mass is 10.1. The first kappa shape index (κ1) is 16.0. The number of carboxylic acids is 2. The second kappa shape index (κ2) is 5.93. The van der Waals surface area contributed by atoms with E-state index in [1.807, 2.05) is 0 Å². The first-order valence-electron chi connectivity index (χ1n) is 4.91. The standard InChI is InChI=1S/C10H9O9P/c11-8(12)4-19-7-2-5(9(13)14)1-6(3-7)10(15)20(16,17)18/h1-3H,4H2,(H,11,12)(H,13,14)(H2,16,17,18)/p-2. The maximum atomic E-state index is 11.4. The molecule has 0 radical (unpaired) electrons. The third-order valence-corrected chi connectivity index (χ3v) is 2.80. The van der Waals surface area contributed by atoms with Crippen LogP contribution in [0.25, 0.3) is 0 Å². The van der Waals surface area contributed by atoms with Crippen LogP contribution < -0.4 is 19.8 Å².